The largest absolute Gasteiger partial charge is 0.387 e. The molecule has 3 atom stereocenters. The van der Waals surface area contributed by atoms with Crippen molar-refractivity contribution in [1.82, 2.24) is 9.88 Å². The molecular formula is C14H21FN2O. The molecule has 0 saturated heterocycles. The fourth-order valence-corrected chi connectivity index (χ4v) is 2.22. The third-order valence-electron chi connectivity index (χ3n) is 3.70. The van der Waals surface area contributed by atoms with Gasteiger partial charge >= 0.3 is 0 Å². The molecule has 4 heteroatoms. The molecule has 0 aliphatic heterocycles. The van der Waals surface area contributed by atoms with E-state index in [2.05, 4.69) is 23.9 Å². The molecule has 0 bridgehead atoms. The van der Waals surface area contributed by atoms with Gasteiger partial charge in [0.25, 0.3) is 0 Å². The average molecular weight is 252 g/mol. The first kappa shape index (κ1) is 13.4. The molecule has 2 rings (SSSR count). The zero-order valence-electron chi connectivity index (χ0n) is 11.0. The van der Waals surface area contributed by atoms with Crippen LogP contribution in [0.1, 0.15) is 31.6 Å². The molecule has 1 saturated carbocycles. The normalized spacial score (nSPS) is 24.3. The Morgan fingerprint density at radius 3 is 2.83 bits per heavy atom. The molecule has 1 aromatic rings. The summed E-state index contributed by atoms with van der Waals surface area (Å²) in [5.74, 6) is 1.32. The van der Waals surface area contributed by atoms with Crippen molar-refractivity contribution in [3.8, 4) is 0 Å². The topological polar surface area (TPSA) is 36.4 Å². The smallest absolute Gasteiger partial charge is 0.141 e. The number of rotatable bonds is 6. The van der Waals surface area contributed by atoms with E-state index in [1.807, 2.05) is 0 Å². The van der Waals surface area contributed by atoms with E-state index in [1.54, 1.807) is 6.07 Å². The van der Waals surface area contributed by atoms with Crippen molar-refractivity contribution in [2.75, 3.05) is 20.1 Å². The van der Waals surface area contributed by atoms with E-state index >= 15 is 0 Å². The van der Waals surface area contributed by atoms with Crippen LogP contribution < -0.4 is 0 Å². The van der Waals surface area contributed by atoms with Crippen LogP contribution in [0, 0.1) is 17.7 Å². The predicted octanol–water partition coefficient (Wildman–Crippen LogP) is 2.23. The van der Waals surface area contributed by atoms with Gasteiger partial charge < -0.3 is 10.0 Å². The third kappa shape index (κ3) is 3.75. The number of hydrogen-bond donors (Lipinski definition) is 1. The Kier molecular flexibility index (Phi) is 4.30. The van der Waals surface area contributed by atoms with Gasteiger partial charge in [-0.3, -0.25) is 4.98 Å². The maximum absolute atomic E-state index is 12.7. The minimum atomic E-state index is -0.607. The Balaban J connectivity index is 1.73. The first-order chi connectivity index (χ1) is 8.56. The fourth-order valence-electron chi connectivity index (χ4n) is 2.22. The van der Waals surface area contributed by atoms with Crippen LogP contribution in [0.4, 0.5) is 4.39 Å². The van der Waals surface area contributed by atoms with Crippen LogP contribution in [-0.4, -0.2) is 35.1 Å². The van der Waals surface area contributed by atoms with E-state index in [0.717, 1.165) is 31.1 Å². The highest BCUT2D eigenvalue weighted by Crippen LogP contribution is 2.38. The fraction of sp³-hybridized carbons (Fsp3) is 0.643. The Hall–Kier alpha value is -1.00. The van der Waals surface area contributed by atoms with Crippen LogP contribution in [-0.2, 0) is 0 Å². The maximum atomic E-state index is 12.7. The van der Waals surface area contributed by atoms with Crippen LogP contribution in [0.3, 0.4) is 0 Å². The second-order valence-electron chi connectivity index (χ2n) is 5.44. The van der Waals surface area contributed by atoms with Gasteiger partial charge in [-0.05, 0) is 43.9 Å². The lowest BCUT2D eigenvalue weighted by Crippen LogP contribution is -2.24. The summed E-state index contributed by atoms with van der Waals surface area (Å²) >= 11 is 0. The summed E-state index contributed by atoms with van der Waals surface area (Å²) in [6.45, 7) is 4.21. The lowest BCUT2D eigenvalue weighted by Gasteiger charge is -2.18. The third-order valence-corrected chi connectivity index (χ3v) is 3.70. The summed E-state index contributed by atoms with van der Waals surface area (Å²) in [5.41, 5.74) is 0.546. The minimum absolute atomic E-state index is 0.370. The first-order valence-corrected chi connectivity index (χ1v) is 6.54. The number of aliphatic hydroxyl groups excluding tert-OH is 1. The lowest BCUT2D eigenvalue weighted by atomic mass is 10.1. The molecule has 1 aliphatic rings. The molecule has 1 aromatic heterocycles. The van der Waals surface area contributed by atoms with Crippen LogP contribution in [0.15, 0.2) is 18.3 Å². The number of nitrogens with zero attached hydrogens (tertiary/aromatic N) is 2. The lowest BCUT2D eigenvalue weighted by molar-refractivity contribution is 0.143. The highest BCUT2D eigenvalue weighted by molar-refractivity contribution is 5.07. The van der Waals surface area contributed by atoms with Gasteiger partial charge in [-0.1, -0.05) is 6.92 Å². The summed E-state index contributed by atoms with van der Waals surface area (Å²) < 4.78 is 12.7. The van der Waals surface area contributed by atoms with Crippen molar-refractivity contribution in [3.63, 3.8) is 0 Å². The van der Waals surface area contributed by atoms with Crippen molar-refractivity contribution in [3.05, 3.63) is 29.8 Å². The van der Waals surface area contributed by atoms with Gasteiger partial charge in [0, 0.05) is 13.1 Å². The van der Waals surface area contributed by atoms with E-state index in [9.17, 15) is 9.50 Å². The SMILES string of the molecule is CC1CC1CN(C)CCC(O)c1ccc(F)cn1. The molecule has 0 amide bonds. The molecule has 1 fully saturated rings. The van der Waals surface area contributed by atoms with Crippen LogP contribution in [0.5, 0.6) is 0 Å². The van der Waals surface area contributed by atoms with E-state index in [-0.39, 0.29) is 5.82 Å². The monoisotopic (exact) mass is 252 g/mol. The van der Waals surface area contributed by atoms with Gasteiger partial charge in [0.1, 0.15) is 5.82 Å². The van der Waals surface area contributed by atoms with Crippen LogP contribution in [0.25, 0.3) is 0 Å². The van der Waals surface area contributed by atoms with Crippen molar-refractivity contribution in [2.24, 2.45) is 11.8 Å². The highest BCUT2D eigenvalue weighted by Gasteiger charge is 2.32. The summed E-state index contributed by atoms with van der Waals surface area (Å²) in [7, 11) is 2.08. The summed E-state index contributed by atoms with van der Waals surface area (Å²) in [6.07, 6.45) is 2.50. The van der Waals surface area contributed by atoms with Crippen molar-refractivity contribution in [2.45, 2.75) is 25.9 Å². The molecule has 0 radical (unpaired) electrons. The summed E-state index contributed by atoms with van der Waals surface area (Å²) in [6, 6.07) is 2.88. The second-order valence-corrected chi connectivity index (χ2v) is 5.44. The molecule has 1 aliphatic carbocycles. The highest BCUT2D eigenvalue weighted by atomic mass is 19.1. The molecule has 3 unspecified atom stereocenters. The molecule has 18 heavy (non-hydrogen) atoms. The van der Waals surface area contributed by atoms with Gasteiger partial charge in [0.05, 0.1) is 18.0 Å². The second kappa shape index (κ2) is 5.76. The summed E-state index contributed by atoms with van der Waals surface area (Å²) in [4.78, 5) is 6.15. The molecule has 0 spiro atoms. The first-order valence-electron chi connectivity index (χ1n) is 6.54. The molecule has 1 N–H and O–H groups in total. The van der Waals surface area contributed by atoms with Crippen molar-refractivity contribution in [1.29, 1.82) is 0 Å². The zero-order valence-corrected chi connectivity index (χ0v) is 11.0. The van der Waals surface area contributed by atoms with Crippen LogP contribution >= 0.6 is 0 Å². The van der Waals surface area contributed by atoms with Gasteiger partial charge in [-0.2, -0.15) is 0 Å². The molecule has 1 heterocycles. The molecular weight excluding hydrogens is 231 g/mol. The zero-order chi connectivity index (χ0) is 13.1. The number of aromatic nitrogens is 1. The quantitative estimate of drug-likeness (QED) is 0.843. The van der Waals surface area contributed by atoms with Gasteiger partial charge in [0.15, 0.2) is 0 Å². The van der Waals surface area contributed by atoms with Gasteiger partial charge in [0.2, 0.25) is 0 Å². The Bertz CT molecular complexity index is 382. The van der Waals surface area contributed by atoms with Gasteiger partial charge in [-0.15, -0.1) is 0 Å². The van der Waals surface area contributed by atoms with E-state index < -0.39 is 6.10 Å². The summed E-state index contributed by atoms with van der Waals surface area (Å²) in [5, 5.41) is 9.95. The standard InChI is InChI=1S/C14H21FN2O/c1-10-7-11(10)9-17(2)6-5-14(18)13-4-3-12(15)8-16-13/h3-4,8,10-11,14,18H,5-7,9H2,1-2H3. The number of aliphatic hydroxyl groups is 1. The minimum Gasteiger partial charge on any atom is -0.387 e. The average Bonchev–Trinajstić information content (AvgIpc) is 3.02. The molecule has 3 nitrogen and oxygen atoms in total. The molecule has 0 aromatic carbocycles. The Morgan fingerprint density at radius 1 is 1.56 bits per heavy atom. The number of pyridine rings is 1. The number of halogens is 1. The Morgan fingerprint density at radius 2 is 2.28 bits per heavy atom. The van der Waals surface area contributed by atoms with Crippen molar-refractivity contribution < 1.29 is 9.50 Å². The molecule has 100 valence electrons. The Labute approximate surface area is 108 Å². The van der Waals surface area contributed by atoms with Crippen molar-refractivity contribution >= 4 is 0 Å². The van der Waals surface area contributed by atoms with E-state index in [4.69, 9.17) is 0 Å². The van der Waals surface area contributed by atoms with Gasteiger partial charge in [-0.25, -0.2) is 4.39 Å². The van der Waals surface area contributed by atoms with E-state index in [0.29, 0.717) is 12.1 Å². The maximum Gasteiger partial charge on any atom is 0.141 e. The van der Waals surface area contributed by atoms with E-state index in [1.165, 1.54) is 12.5 Å². The van der Waals surface area contributed by atoms with Crippen LogP contribution in [0.2, 0.25) is 0 Å². The predicted molar refractivity (Wildman–Crippen MR) is 68.5 cm³/mol. The number of hydrogen-bond acceptors (Lipinski definition) is 3.